The van der Waals surface area contributed by atoms with Crippen molar-refractivity contribution in [3.8, 4) is 0 Å². The van der Waals surface area contributed by atoms with Crippen LogP contribution in [0.5, 0.6) is 0 Å². The van der Waals surface area contributed by atoms with Gasteiger partial charge < -0.3 is 28.8 Å². The maximum Gasteiger partial charge on any atom is 0.514 e. The molecule has 0 fully saturated rings. The lowest BCUT2D eigenvalue weighted by molar-refractivity contribution is -0.126. The van der Waals surface area contributed by atoms with E-state index in [9.17, 15) is 4.79 Å². The van der Waals surface area contributed by atoms with Gasteiger partial charge in [0.1, 0.15) is 0 Å². The van der Waals surface area contributed by atoms with Crippen LogP contribution in [0.15, 0.2) is 0 Å². The first-order chi connectivity index (χ1) is 5.04. The van der Waals surface area contributed by atoms with E-state index in [1.165, 1.54) is 4.90 Å². The zero-order valence-electron chi connectivity index (χ0n) is 6.91. The van der Waals surface area contributed by atoms with Crippen LogP contribution in [0.4, 0.5) is 3.87 Å². The maximum absolute atomic E-state index is 10.9. The van der Waals surface area contributed by atoms with Crippen LogP contribution in [0.2, 0.25) is 0 Å². The highest BCUT2D eigenvalue weighted by molar-refractivity contribution is 7.94. The molecule has 5 nitrogen and oxygen atoms in total. The number of rotatable bonds is 3. The van der Waals surface area contributed by atoms with Crippen molar-refractivity contribution in [1.29, 1.82) is 0 Å². The van der Waals surface area contributed by atoms with E-state index < -0.39 is 0 Å². The fourth-order valence-corrected chi connectivity index (χ4v) is 0.831. The molecule has 0 rings (SSSR count). The van der Waals surface area contributed by atoms with Crippen molar-refractivity contribution in [3.63, 3.8) is 0 Å². The van der Waals surface area contributed by atoms with E-state index in [4.69, 9.17) is 11.5 Å². The predicted octanol–water partition coefficient (Wildman–Crippen LogP) is -3.70. The van der Waals surface area contributed by atoms with Crippen molar-refractivity contribution in [2.75, 3.05) is 19.8 Å². The van der Waals surface area contributed by atoms with Crippen LogP contribution in [0.3, 0.4) is 0 Å². The van der Waals surface area contributed by atoms with Gasteiger partial charge in [-0.3, -0.25) is 4.79 Å². The summed E-state index contributed by atoms with van der Waals surface area (Å²) in [7, 11) is 3.33. The Morgan fingerprint density at radius 2 is 2.00 bits per heavy atom. The molecular weight excluding hydrogens is 202 g/mol. The van der Waals surface area contributed by atoms with Gasteiger partial charge in [0.15, 0.2) is 5.75 Å². The highest BCUT2D eigenvalue weighted by atomic mass is 35.5. The third-order valence-corrected chi connectivity index (χ3v) is 1.51. The number of hydrogen-bond donors (Lipinski definition) is 2. The molecule has 0 aliphatic rings. The Labute approximate surface area is 81.8 Å². The van der Waals surface area contributed by atoms with Crippen LogP contribution in [-0.4, -0.2) is 36.7 Å². The van der Waals surface area contributed by atoms with Crippen LogP contribution in [-0.2, 0) is 4.79 Å². The Bertz CT molecular complexity index is 170. The van der Waals surface area contributed by atoms with E-state index in [1.807, 2.05) is 0 Å². The molecule has 0 saturated carbocycles. The molecule has 0 aromatic rings. The fourth-order valence-electron chi connectivity index (χ4n) is 0.277. The number of nitrogens with two attached hydrogens (primary N) is 2. The minimum atomic E-state index is -0.137. The summed E-state index contributed by atoms with van der Waals surface area (Å²) >= 11 is 0.920. The molecule has 0 saturated heterocycles. The number of urea groups is 1. The summed E-state index contributed by atoms with van der Waals surface area (Å²) in [5, 5.41) is 0. The topological polar surface area (TPSA) is 83.7 Å². The number of halogens is 1. The van der Waals surface area contributed by atoms with E-state index in [0.29, 0.717) is 0 Å². The number of carbonyl (C=O) groups excluding carboxylic acids is 2. The molecule has 0 radical (unpaired) electrons. The molecule has 72 valence electrons. The molecule has 0 aliphatic heterocycles. The molecule has 0 spiro atoms. The summed E-state index contributed by atoms with van der Waals surface area (Å²) in [6.07, 6.45) is 0. The normalized spacial score (nSPS) is 8.17. The summed E-state index contributed by atoms with van der Waals surface area (Å²) in [6.45, 7) is 0. The molecule has 0 atom stereocenters. The summed E-state index contributed by atoms with van der Waals surface area (Å²) in [6, 6.07) is -0.137. The minimum Gasteiger partial charge on any atom is -1.00 e. The lowest BCUT2D eigenvalue weighted by atomic mass is 10.6. The highest BCUT2D eigenvalue weighted by Gasteiger charge is 2.10. The van der Waals surface area contributed by atoms with E-state index in [2.05, 4.69) is 3.87 Å². The van der Waals surface area contributed by atoms with Crippen LogP contribution in [0, 0.1) is 0 Å². The first kappa shape index (κ1) is 13.9. The highest BCUT2D eigenvalue weighted by Crippen LogP contribution is 2.07. The van der Waals surface area contributed by atoms with Gasteiger partial charge >= 0.3 is 18.1 Å². The Balaban J connectivity index is 0. The number of primary amides is 2. The lowest BCUT2D eigenvalue weighted by Gasteiger charge is -2.04. The second kappa shape index (κ2) is 7.05. The van der Waals surface area contributed by atoms with Gasteiger partial charge in [-0.15, -0.1) is 3.87 Å². The van der Waals surface area contributed by atoms with Gasteiger partial charge in [-0.2, -0.15) is 0 Å². The Morgan fingerprint density at radius 1 is 1.50 bits per heavy atom. The van der Waals surface area contributed by atoms with Crippen molar-refractivity contribution >= 4 is 24.0 Å². The zero-order valence-corrected chi connectivity index (χ0v) is 8.48. The van der Waals surface area contributed by atoms with Gasteiger partial charge in [-0.1, -0.05) is 0 Å². The van der Waals surface area contributed by atoms with Crippen molar-refractivity contribution in [2.45, 2.75) is 0 Å². The summed E-state index contributed by atoms with van der Waals surface area (Å²) < 4.78 is 4.60. The molecule has 3 amide bonds. The predicted molar refractivity (Wildman–Crippen MR) is 44.9 cm³/mol. The van der Waals surface area contributed by atoms with E-state index >= 15 is 0 Å². The Kier molecular flexibility index (Phi) is 8.19. The van der Waals surface area contributed by atoms with Gasteiger partial charge in [0.25, 0.3) is 0 Å². The van der Waals surface area contributed by atoms with Crippen molar-refractivity contribution in [2.24, 2.45) is 11.5 Å². The van der Waals surface area contributed by atoms with Crippen LogP contribution in [0.1, 0.15) is 0 Å². The summed E-state index contributed by atoms with van der Waals surface area (Å²) in [5.41, 5.74) is 9.96. The van der Waals surface area contributed by atoms with Crippen LogP contribution >= 0.6 is 12.0 Å². The molecule has 12 heavy (non-hydrogen) atoms. The molecule has 0 unspecified atom stereocenters. The number of hydrogen-bond acceptors (Lipinski definition) is 2. The van der Waals surface area contributed by atoms with Crippen molar-refractivity contribution in [1.82, 2.24) is 4.90 Å². The third kappa shape index (κ3) is 7.49. The first-order valence-corrected chi connectivity index (χ1v) is 3.82. The lowest BCUT2D eigenvalue weighted by Crippen LogP contribution is -3.00. The number of amides is 3. The second-order valence-corrected chi connectivity index (χ2v) is 2.73. The van der Waals surface area contributed by atoms with Gasteiger partial charge in [-0.05, 0) is 0 Å². The smallest absolute Gasteiger partial charge is 0.514 e. The standard InChI is InChI=1S/C5H12N3O2S.ClH/c1-8(2)4(9)3-11-10-5(6)7;/h3,6-7H2,1-2H3;1H/q+1;/p-1. The first-order valence-electron chi connectivity index (χ1n) is 2.91. The van der Waals surface area contributed by atoms with Crippen molar-refractivity contribution in [3.05, 3.63) is 0 Å². The molecule has 7 heteroatoms. The zero-order chi connectivity index (χ0) is 8.85. The van der Waals surface area contributed by atoms with Gasteiger partial charge in [0.2, 0.25) is 5.91 Å². The second-order valence-electron chi connectivity index (χ2n) is 2.04. The van der Waals surface area contributed by atoms with Crippen LogP contribution < -0.4 is 23.9 Å². The Hall–Kier alpha value is -0.620. The fraction of sp³-hybridized carbons (Fsp3) is 0.600. The molecule has 0 heterocycles. The molecule has 0 bridgehead atoms. The maximum atomic E-state index is 10.9. The van der Waals surface area contributed by atoms with Gasteiger partial charge in [-0.25, -0.2) is 0 Å². The van der Waals surface area contributed by atoms with E-state index in [1.54, 1.807) is 14.1 Å². The average Bonchev–Trinajstić information content (AvgIpc) is 1.86. The van der Waals surface area contributed by atoms with Crippen LogP contribution in [0.25, 0.3) is 0 Å². The SMILES string of the molecule is CN(C)C(=O)CS[O+]=C(N)N.[Cl-]. The number of nitrogens with zero attached hydrogens (tertiary/aromatic N) is 1. The molecular formula is C5H12ClN3O2S. The molecule has 4 N–H and O–H groups in total. The summed E-state index contributed by atoms with van der Waals surface area (Å²) in [5.74, 6) is 0.168. The van der Waals surface area contributed by atoms with Gasteiger partial charge in [0.05, 0.1) is 0 Å². The largest absolute Gasteiger partial charge is 1.00 e. The van der Waals surface area contributed by atoms with Crippen molar-refractivity contribution < 1.29 is 21.1 Å². The van der Waals surface area contributed by atoms with E-state index in [0.717, 1.165) is 12.0 Å². The summed E-state index contributed by atoms with van der Waals surface area (Å²) in [4.78, 5) is 12.3. The molecule has 0 aromatic carbocycles. The quantitative estimate of drug-likeness (QED) is 0.374. The number of carbonyl (C=O) groups is 1. The average molecular weight is 214 g/mol. The molecule has 0 aliphatic carbocycles. The molecule has 0 aromatic heterocycles. The third-order valence-electron chi connectivity index (χ3n) is 0.836. The van der Waals surface area contributed by atoms with E-state index in [-0.39, 0.29) is 30.1 Å². The minimum absolute atomic E-state index is 0. The Morgan fingerprint density at radius 3 is 2.33 bits per heavy atom. The van der Waals surface area contributed by atoms with Gasteiger partial charge in [0, 0.05) is 14.1 Å². The monoisotopic (exact) mass is 213 g/mol.